The van der Waals surface area contributed by atoms with E-state index in [2.05, 4.69) is 15.3 Å². The summed E-state index contributed by atoms with van der Waals surface area (Å²) in [6.45, 7) is 4.40. The minimum atomic E-state index is -0.970. The van der Waals surface area contributed by atoms with Crippen LogP contribution in [-0.2, 0) is 15.1 Å². The standard InChI is InChI=1S/C26H27ClN6O3/c1-15-10-18(7-9-36-15)33-22(34)12-26(2,32-25(33)28)19-4-3-5-21(23(19)27)31-24(35)17-11-16-13-29-8-6-20(16)30-14-17/h3-6,8,11,13-15,18H,7,9-10,12H2,1-2H3,(H2,28,32)(H,31,35)/t15-,18-,26+/m1/s1. The molecule has 0 aliphatic carbocycles. The van der Waals surface area contributed by atoms with Crippen LogP contribution in [0, 0.1) is 0 Å². The number of anilines is 1. The first kappa shape index (κ1) is 24.1. The monoisotopic (exact) mass is 506 g/mol. The van der Waals surface area contributed by atoms with Gasteiger partial charge in [0.25, 0.3) is 5.91 Å². The van der Waals surface area contributed by atoms with Crippen molar-refractivity contribution in [2.75, 3.05) is 11.9 Å². The quantitative estimate of drug-likeness (QED) is 0.553. The third-order valence-corrected chi connectivity index (χ3v) is 7.17. The number of hydrogen-bond acceptors (Lipinski definition) is 7. The van der Waals surface area contributed by atoms with E-state index in [0.29, 0.717) is 41.3 Å². The molecule has 1 aromatic carbocycles. The lowest BCUT2D eigenvalue weighted by molar-refractivity contribution is -0.133. The van der Waals surface area contributed by atoms with Gasteiger partial charge in [0.05, 0.1) is 39.9 Å². The molecule has 10 heteroatoms. The van der Waals surface area contributed by atoms with E-state index >= 15 is 0 Å². The molecule has 0 saturated carbocycles. The Labute approximate surface area is 213 Å². The Bertz CT molecular complexity index is 1380. The molecule has 186 valence electrons. The van der Waals surface area contributed by atoms with Crippen LogP contribution < -0.4 is 11.1 Å². The van der Waals surface area contributed by atoms with Gasteiger partial charge in [-0.15, -0.1) is 0 Å². The number of benzene rings is 1. The number of nitrogens with two attached hydrogens (primary N) is 1. The predicted molar refractivity (Wildman–Crippen MR) is 138 cm³/mol. The lowest BCUT2D eigenvalue weighted by atomic mass is 9.86. The van der Waals surface area contributed by atoms with Crippen molar-refractivity contribution < 1.29 is 14.3 Å². The van der Waals surface area contributed by atoms with Gasteiger partial charge < -0.3 is 15.8 Å². The van der Waals surface area contributed by atoms with Crippen LogP contribution in [0.2, 0.25) is 5.02 Å². The summed E-state index contributed by atoms with van der Waals surface area (Å²) in [6, 6.07) is 8.74. The molecule has 36 heavy (non-hydrogen) atoms. The summed E-state index contributed by atoms with van der Waals surface area (Å²) < 4.78 is 5.62. The van der Waals surface area contributed by atoms with E-state index in [0.717, 1.165) is 10.9 Å². The average Bonchev–Trinajstić information content (AvgIpc) is 2.84. The van der Waals surface area contributed by atoms with Gasteiger partial charge in [-0.05, 0) is 44.9 Å². The molecule has 2 aromatic heterocycles. The molecule has 3 N–H and O–H groups in total. The van der Waals surface area contributed by atoms with Gasteiger partial charge in [0, 0.05) is 42.2 Å². The zero-order valence-electron chi connectivity index (χ0n) is 20.1. The maximum Gasteiger partial charge on any atom is 0.257 e. The third kappa shape index (κ3) is 4.52. The highest BCUT2D eigenvalue weighted by molar-refractivity contribution is 6.35. The first-order valence-electron chi connectivity index (χ1n) is 11.8. The number of halogens is 1. The van der Waals surface area contributed by atoms with Crippen molar-refractivity contribution in [3.05, 3.63) is 65.1 Å². The maximum absolute atomic E-state index is 13.3. The summed E-state index contributed by atoms with van der Waals surface area (Å²) in [6.07, 6.45) is 6.40. The number of carbonyl (C=O) groups excluding carboxylic acids is 2. The molecule has 3 atom stereocenters. The predicted octanol–water partition coefficient (Wildman–Crippen LogP) is 3.87. The summed E-state index contributed by atoms with van der Waals surface area (Å²) >= 11 is 6.77. The molecule has 4 heterocycles. The van der Waals surface area contributed by atoms with Crippen molar-refractivity contribution in [3.63, 3.8) is 0 Å². The number of nitrogens with zero attached hydrogens (tertiary/aromatic N) is 4. The number of amides is 2. The summed E-state index contributed by atoms with van der Waals surface area (Å²) in [7, 11) is 0. The molecule has 2 amide bonds. The normalized spacial score (nSPS) is 24.5. The van der Waals surface area contributed by atoms with Crippen LogP contribution in [-0.4, -0.2) is 51.4 Å². The second kappa shape index (κ2) is 9.48. The van der Waals surface area contributed by atoms with Crippen molar-refractivity contribution in [1.82, 2.24) is 14.9 Å². The van der Waals surface area contributed by atoms with E-state index in [1.807, 2.05) is 13.8 Å². The first-order chi connectivity index (χ1) is 17.2. The minimum absolute atomic E-state index is 0.0404. The van der Waals surface area contributed by atoms with E-state index in [1.165, 1.54) is 6.20 Å². The smallest absolute Gasteiger partial charge is 0.257 e. The van der Waals surface area contributed by atoms with Crippen LogP contribution in [0.15, 0.2) is 53.9 Å². The summed E-state index contributed by atoms with van der Waals surface area (Å²) in [5, 5.41) is 3.92. The van der Waals surface area contributed by atoms with Gasteiger partial charge in [-0.3, -0.25) is 24.5 Å². The zero-order chi connectivity index (χ0) is 25.4. The molecule has 1 saturated heterocycles. The highest BCUT2D eigenvalue weighted by Gasteiger charge is 2.42. The molecule has 9 nitrogen and oxygen atoms in total. The van der Waals surface area contributed by atoms with Gasteiger partial charge in [-0.1, -0.05) is 23.7 Å². The second-order valence-corrected chi connectivity index (χ2v) is 9.84. The first-order valence-corrected chi connectivity index (χ1v) is 12.2. The number of aliphatic imine (C=N–C) groups is 1. The number of nitrogens with one attached hydrogen (secondary N) is 1. The van der Waals surface area contributed by atoms with Crippen molar-refractivity contribution in [2.45, 2.75) is 50.8 Å². The number of aromatic nitrogens is 2. The van der Waals surface area contributed by atoms with Gasteiger partial charge in [0.2, 0.25) is 5.91 Å². The fourth-order valence-electron chi connectivity index (χ4n) is 4.94. The van der Waals surface area contributed by atoms with Crippen molar-refractivity contribution >= 4 is 46.0 Å². The Balaban J connectivity index is 1.41. The number of rotatable bonds is 4. The van der Waals surface area contributed by atoms with Gasteiger partial charge in [-0.2, -0.15) is 0 Å². The van der Waals surface area contributed by atoms with Gasteiger partial charge in [0.1, 0.15) is 0 Å². The van der Waals surface area contributed by atoms with E-state index in [-0.39, 0.29) is 36.3 Å². The Morgan fingerprint density at radius 1 is 1.31 bits per heavy atom. The van der Waals surface area contributed by atoms with Crippen molar-refractivity contribution in [3.8, 4) is 0 Å². The molecular formula is C26H27ClN6O3. The molecule has 5 rings (SSSR count). The summed E-state index contributed by atoms with van der Waals surface area (Å²) in [5.41, 5.74) is 7.51. The summed E-state index contributed by atoms with van der Waals surface area (Å²) in [4.78, 5) is 41.0. The molecule has 0 spiro atoms. The van der Waals surface area contributed by atoms with E-state index < -0.39 is 5.54 Å². The maximum atomic E-state index is 13.3. The SMILES string of the molecule is C[C@@H]1C[C@H](N2C(=O)C[C@@](C)(c3cccc(NC(=O)c4cnc5ccncc5c4)c3Cl)N=C2N)CCO1. The number of ether oxygens (including phenoxy) is 1. The Morgan fingerprint density at radius 3 is 2.92 bits per heavy atom. The van der Waals surface area contributed by atoms with Crippen LogP contribution >= 0.6 is 11.6 Å². The lowest BCUT2D eigenvalue weighted by Gasteiger charge is -2.41. The number of guanidine groups is 1. The van der Waals surface area contributed by atoms with E-state index in [4.69, 9.17) is 27.1 Å². The van der Waals surface area contributed by atoms with Crippen LogP contribution in [0.5, 0.6) is 0 Å². The van der Waals surface area contributed by atoms with Crippen LogP contribution in [0.1, 0.15) is 49.0 Å². The molecule has 2 aliphatic heterocycles. The number of hydrogen-bond donors (Lipinski definition) is 2. The minimum Gasteiger partial charge on any atom is -0.378 e. The fourth-order valence-corrected chi connectivity index (χ4v) is 5.32. The topological polar surface area (TPSA) is 123 Å². The number of pyridine rings is 2. The highest BCUT2D eigenvalue weighted by atomic mass is 35.5. The van der Waals surface area contributed by atoms with Crippen LogP contribution in [0.3, 0.4) is 0 Å². The molecular weight excluding hydrogens is 480 g/mol. The van der Waals surface area contributed by atoms with Gasteiger partial charge >= 0.3 is 0 Å². The number of carbonyl (C=O) groups is 2. The average molecular weight is 507 g/mol. The Morgan fingerprint density at radius 2 is 2.14 bits per heavy atom. The molecule has 1 fully saturated rings. The van der Waals surface area contributed by atoms with Crippen molar-refractivity contribution in [2.24, 2.45) is 10.7 Å². The van der Waals surface area contributed by atoms with Crippen LogP contribution in [0.4, 0.5) is 5.69 Å². The largest absolute Gasteiger partial charge is 0.378 e. The molecule has 0 radical (unpaired) electrons. The van der Waals surface area contributed by atoms with Gasteiger partial charge in [0.15, 0.2) is 5.96 Å². The number of fused-ring (bicyclic) bond motifs is 1. The third-order valence-electron chi connectivity index (χ3n) is 6.77. The van der Waals surface area contributed by atoms with Gasteiger partial charge in [-0.25, -0.2) is 4.99 Å². The second-order valence-electron chi connectivity index (χ2n) is 9.46. The van der Waals surface area contributed by atoms with Crippen molar-refractivity contribution in [1.29, 1.82) is 0 Å². The van der Waals surface area contributed by atoms with Crippen LogP contribution in [0.25, 0.3) is 10.9 Å². The lowest BCUT2D eigenvalue weighted by Crippen LogP contribution is -2.56. The van der Waals surface area contributed by atoms with E-state index in [9.17, 15) is 9.59 Å². The molecule has 0 unspecified atom stereocenters. The molecule has 0 bridgehead atoms. The highest BCUT2D eigenvalue weighted by Crippen LogP contribution is 2.41. The Kier molecular flexibility index (Phi) is 6.36. The van der Waals surface area contributed by atoms with E-state index in [1.54, 1.807) is 47.6 Å². The molecule has 2 aliphatic rings. The summed E-state index contributed by atoms with van der Waals surface area (Å²) in [5.74, 6) is -0.292. The Hall–Kier alpha value is -3.56. The fraction of sp³-hybridized carbons (Fsp3) is 0.346. The molecule has 3 aromatic rings. The zero-order valence-corrected chi connectivity index (χ0v) is 20.8.